The minimum atomic E-state index is -0.309. The van der Waals surface area contributed by atoms with Gasteiger partial charge in [-0.05, 0) is 119 Å². The highest BCUT2D eigenvalue weighted by Crippen LogP contribution is 2.46. The number of hydrogen-bond donors (Lipinski definition) is 1. The molecule has 1 aliphatic carbocycles. The molecule has 1 saturated carbocycles. The highest BCUT2D eigenvalue weighted by molar-refractivity contribution is 7.98. The molecule has 0 spiro atoms. The zero-order valence-corrected chi connectivity index (χ0v) is 26.7. The number of carbonyl (C=O) groups is 1. The van der Waals surface area contributed by atoms with Gasteiger partial charge in [0.15, 0.2) is 0 Å². The number of carbonyl (C=O) groups excluding carboxylic acids is 1. The van der Waals surface area contributed by atoms with Gasteiger partial charge in [-0.2, -0.15) is 0 Å². The van der Waals surface area contributed by atoms with Crippen molar-refractivity contribution >= 4 is 28.6 Å². The van der Waals surface area contributed by atoms with E-state index in [1.165, 1.54) is 44.3 Å². The maximum Gasteiger partial charge on any atom is 0.253 e. The van der Waals surface area contributed by atoms with Gasteiger partial charge in [0.05, 0.1) is 29.4 Å². The first kappa shape index (κ1) is 29.3. The quantitative estimate of drug-likeness (QED) is 0.205. The minimum Gasteiger partial charge on any atom is -0.497 e. The van der Waals surface area contributed by atoms with Crippen molar-refractivity contribution in [3.05, 3.63) is 89.5 Å². The Morgan fingerprint density at radius 3 is 2.36 bits per heavy atom. The lowest BCUT2D eigenvalue weighted by atomic mass is 9.93. The topological polar surface area (TPSA) is 57.7 Å². The number of amides is 1. The minimum absolute atomic E-state index is 0.00581. The van der Waals surface area contributed by atoms with Crippen molar-refractivity contribution < 1.29 is 9.53 Å². The molecule has 2 saturated heterocycles. The third-order valence-electron chi connectivity index (χ3n) is 9.91. The second-order valence-corrected chi connectivity index (χ2v) is 13.5. The third kappa shape index (κ3) is 5.85. The standard InChI is InChI=1S/C37H42N4O2S/c1-43-29-12-10-26(11-13-29)35-32(25-40-22-16-28(17-23-40)41-20-6-7-21-41)34(31-24-30(44-2)14-15-33(31)38-35)36(42)39-37(18-19-37)27-8-4-3-5-9-27/h3-5,8-15,24,28H,6-7,16-23,25H2,1-2H3,(H,39,42). The van der Waals surface area contributed by atoms with Gasteiger partial charge in [0.25, 0.3) is 5.91 Å². The fraction of sp³-hybridized carbons (Fsp3) is 0.405. The lowest BCUT2D eigenvalue weighted by Gasteiger charge is -2.37. The van der Waals surface area contributed by atoms with Crippen LogP contribution in [0.2, 0.25) is 0 Å². The molecule has 7 heteroatoms. The van der Waals surface area contributed by atoms with Gasteiger partial charge in [-0.15, -0.1) is 11.8 Å². The number of nitrogens with one attached hydrogen (secondary N) is 1. The number of ether oxygens (including phenoxy) is 1. The third-order valence-corrected chi connectivity index (χ3v) is 10.6. The first-order valence-electron chi connectivity index (χ1n) is 16.1. The molecule has 44 heavy (non-hydrogen) atoms. The Bertz CT molecular complexity index is 1620. The van der Waals surface area contributed by atoms with Gasteiger partial charge < -0.3 is 15.0 Å². The molecule has 4 aromatic rings. The molecule has 1 amide bonds. The van der Waals surface area contributed by atoms with Crippen LogP contribution in [0, 0.1) is 0 Å². The van der Waals surface area contributed by atoms with Gasteiger partial charge in [-0.3, -0.25) is 9.69 Å². The van der Waals surface area contributed by atoms with Crippen LogP contribution in [0.5, 0.6) is 5.75 Å². The van der Waals surface area contributed by atoms with Crippen LogP contribution in [0.15, 0.2) is 77.7 Å². The van der Waals surface area contributed by atoms with Gasteiger partial charge in [-0.25, -0.2) is 4.98 Å². The van der Waals surface area contributed by atoms with E-state index in [-0.39, 0.29) is 11.4 Å². The van der Waals surface area contributed by atoms with Crippen molar-refractivity contribution in [2.24, 2.45) is 0 Å². The maximum atomic E-state index is 14.7. The molecule has 3 heterocycles. The summed E-state index contributed by atoms with van der Waals surface area (Å²) in [5.74, 6) is 0.801. The molecule has 228 valence electrons. The van der Waals surface area contributed by atoms with E-state index in [2.05, 4.69) is 76.0 Å². The van der Waals surface area contributed by atoms with Crippen LogP contribution >= 0.6 is 11.8 Å². The number of hydrogen-bond acceptors (Lipinski definition) is 6. The average Bonchev–Trinajstić information content (AvgIpc) is 3.64. The fourth-order valence-corrected chi connectivity index (χ4v) is 7.67. The number of methoxy groups -OCH3 is 1. The van der Waals surface area contributed by atoms with Gasteiger partial charge in [0, 0.05) is 34.0 Å². The van der Waals surface area contributed by atoms with Crippen LogP contribution in [0.25, 0.3) is 22.2 Å². The smallest absolute Gasteiger partial charge is 0.253 e. The van der Waals surface area contributed by atoms with Crippen LogP contribution in [-0.4, -0.2) is 66.3 Å². The summed E-state index contributed by atoms with van der Waals surface area (Å²) in [6.45, 7) is 5.24. The summed E-state index contributed by atoms with van der Waals surface area (Å²) in [5.41, 5.74) is 5.38. The molecule has 6 nitrogen and oxygen atoms in total. The van der Waals surface area contributed by atoms with E-state index in [4.69, 9.17) is 9.72 Å². The zero-order valence-electron chi connectivity index (χ0n) is 25.9. The number of benzene rings is 3. The molecule has 1 N–H and O–H groups in total. The lowest BCUT2D eigenvalue weighted by molar-refractivity contribution is 0.0927. The Labute approximate surface area is 265 Å². The Balaban J connectivity index is 1.31. The number of rotatable bonds is 9. The van der Waals surface area contributed by atoms with Crippen LogP contribution in [0.4, 0.5) is 0 Å². The molecule has 0 radical (unpaired) electrons. The van der Waals surface area contributed by atoms with E-state index in [1.54, 1.807) is 18.9 Å². The van der Waals surface area contributed by atoms with Crippen LogP contribution < -0.4 is 10.1 Å². The Hall–Kier alpha value is -3.39. The summed E-state index contributed by atoms with van der Waals surface area (Å²) in [6, 6.07) is 25.6. The second-order valence-electron chi connectivity index (χ2n) is 12.6. The van der Waals surface area contributed by atoms with E-state index >= 15 is 0 Å². The number of nitrogens with zero attached hydrogens (tertiary/aromatic N) is 3. The lowest BCUT2D eigenvalue weighted by Crippen LogP contribution is -2.43. The molecule has 3 aromatic carbocycles. The molecule has 7 rings (SSSR count). The summed E-state index contributed by atoms with van der Waals surface area (Å²) in [7, 11) is 1.69. The number of pyridine rings is 1. The van der Waals surface area contributed by atoms with Crippen molar-refractivity contribution in [2.75, 3.05) is 39.5 Å². The summed E-state index contributed by atoms with van der Waals surface area (Å²) in [4.78, 5) is 26.3. The number of aromatic nitrogens is 1. The molecule has 2 aliphatic heterocycles. The maximum absolute atomic E-state index is 14.7. The first-order valence-corrected chi connectivity index (χ1v) is 17.3. The van der Waals surface area contributed by atoms with E-state index < -0.39 is 0 Å². The summed E-state index contributed by atoms with van der Waals surface area (Å²) in [6.07, 6.45) is 8.99. The van der Waals surface area contributed by atoms with Crippen molar-refractivity contribution in [1.82, 2.24) is 20.1 Å². The number of piperidine rings is 1. The molecule has 0 atom stereocenters. The van der Waals surface area contributed by atoms with Gasteiger partial charge in [0.1, 0.15) is 5.75 Å². The SMILES string of the molecule is COc1ccc(-c2nc3ccc(SC)cc3c(C(=O)NC3(c4ccccc4)CC3)c2CN2CCC(N3CCCC3)CC2)cc1. The largest absolute Gasteiger partial charge is 0.497 e. The highest BCUT2D eigenvalue weighted by Gasteiger charge is 2.46. The summed E-state index contributed by atoms with van der Waals surface area (Å²) < 4.78 is 5.47. The molecule has 1 aromatic heterocycles. The van der Waals surface area contributed by atoms with Gasteiger partial charge in [0.2, 0.25) is 0 Å². The Kier molecular flexibility index (Phi) is 8.36. The molecular formula is C37H42N4O2S. The monoisotopic (exact) mass is 606 g/mol. The molecule has 0 bridgehead atoms. The zero-order chi connectivity index (χ0) is 30.1. The average molecular weight is 607 g/mol. The first-order chi connectivity index (χ1) is 21.6. The Morgan fingerprint density at radius 1 is 0.977 bits per heavy atom. The van der Waals surface area contributed by atoms with Crippen molar-refractivity contribution in [1.29, 1.82) is 0 Å². The van der Waals surface area contributed by atoms with Gasteiger partial charge in [-0.1, -0.05) is 30.3 Å². The van der Waals surface area contributed by atoms with E-state index in [0.717, 1.165) is 69.9 Å². The molecule has 0 unspecified atom stereocenters. The van der Waals surface area contributed by atoms with E-state index in [1.807, 2.05) is 18.2 Å². The van der Waals surface area contributed by atoms with Crippen LogP contribution in [0.1, 0.15) is 60.0 Å². The summed E-state index contributed by atoms with van der Waals surface area (Å²) >= 11 is 1.70. The predicted molar refractivity (Wildman–Crippen MR) is 179 cm³/mol. The van der Waals surface area contributed by atoms with Crippen LogP contribution in [0.3, 0.4) is 0 Å². The highest BCUT2D eigenvalue weighted by atomic mass is 32.2. The predicted octanol–water partition coefficient (Wildman–Crippen LogP) is 7.11. The van der Waals surface area contributed by atoms with E-state index in [9.17, 15) is 4.79 Å². The molecule has 3 aliphatic rings. The number of thioether (sulfide) groups is 1. The second kappa shape index (κ2) is 12.5. The normalized spacial score (nSPS) is 18.9. The molecule has 3 fully saturated rings. The van der Waals surface area contributed by atoms with Crippen molar-refractivity contribution in [3.8, 4) is 17.0 Å². The van der Waals surface area contributed by atoms with Gasteiger partial charge >= 0.3 is 0 Å². The van der Waals surface area contributed by atoms with Crippen LogP contribution in [-0.2, 0) is 12.1 Å². The summed E-state index contributed by atoms with van der Waals surface area (Å²) in [5, 5.41) is 4.46. The Morgan fingerprint density at radius 2 is 1.70 bits per heavy atom. The fourth-order valence-electron chi connectivity index (χ4n) is 7.23. The molecular weight excluding hydrogens is 565 g/mol. The number of likely N-dealkylation sites (tertiary alicyclic amines) is 2. The van der Waals surface area contributed by atoms with Crippen molar-refractivity contribution in [3.63, 3.8) is 0 Å². The van der Waals surface area contributed by atoms with E-state index in [0.29, 0.717) is 12.6 Å². The number of fused-ring (bicyclic) bond motifs is 1. The van der Waals surface area contributed by atoms with Crippen molar-refractivity contribution in [2.45, 2.75) is 61.5 Å².